The Morgan fingerprint density at radius 3 is 2.72 bits per heavy atom. The lowest BCUT2D eigenvalue weighted by atomic mass is 9.98. The fourth-order valence-corrected chi connectivity index (χ4v) is 3.23. The number of carbonyl (C=O) groups excluding carboxylic acids is 1. The summed E-state index contributed by atoms with van der Waals surface area (Å²) in [5, 5.41) is 13.4. The van der Waals surface area contributed by atoms with Gasteiger partial charge in [-0.3, -0.25) is 9.69 Å². The number of aryl methyl sites for hydroxylation is 1. The molecule has 0 fully saturated rings. The van der Waals surface area contributed by atoms with Gasteiger partial charge in [-0.05, 0) is 50.5 Å². The lowest BCUT2D eigenvalue weighted by Crippen LogP contribution is -2.49. The molecule has 1 aliphatic rings. The highest BCUT2D eigenvalue weighted by Gasteiger charge is 2.30. The zero-order valence-electron chi connectivity index (χ0n) is 15.1. The fraction of sp³-hybridized carbons (Fsp3) is 0.450. The molecule has 0 saturated heterocycles. The fourth-order valence-electron chi connectivity index (χ4n) is 3.23. The number of benzene rings is 1. The maximum absolute atomic E-state index is 12.5. The van der Waals surface area contributed by atoms with Crippen LogP contribution in [0.4, 0.5) is 0 Å². The first-order valence-electron chi connectivity index (χ1n) is 8.74. The van der Waals surface area contributed by atoms with Crippen molar-refractivity contribution in [2.24, 2.45) is 0 Å². The summed E-state index contributed by atoms with van der Waals surface area (Å²) in [7, 11) is 0. The number of carbonyl (C=O) groups is 1. The van der Waals surface area contributed by atoms with Gasteiger partial charge in [0.15, 0.2) is 0 Å². The molecule has 2 atom stereocenters. The molecule has 2 aromatic rings. The van der Waals surface area contributed by atoms with Crippen LogP contribution in [0.2, 0.25) is 0 Å². The summed E-state index contributed by atoms with van der Waals surface area (Å²) < 4.78 is 5.48. The average Bonchev–Trinajstić information content (AvgIpc) is 3.06. The second-order valence-electron chi connectivity index (χ2n) is 7.07. The summed E-state index contributed by atoms with van der Waals surface area (Å²) in [5.74, 6) is 1.12. The maximum atomic E-state index is 12.5. The van der Waals surface area contributed by atoms with Crippen LogP contribution in [0.15, 0.2) is 40.8 Å². The Balaban J connectivity index is 1.58. The molecule has 2 unspecified atom stereocenters. The standard InChI is InChI=1S/C20H26N2O3/c1-14-8-9-18(25-14)20(3,24)13-21-19(23)15(2)22-11-10-16-6-4-5-7-17(16)12-22/h4-9,15,24H,10-13H2,1-3H3,(H,21,23). The minimum absolute atomic E-state index is 0.0806. The lowest BCUT2D eigenvalue weighted by Gasteiger charge is -2.33. The molecule has 0 saturated carbocycles. The number of rotatable bonds is 5. The molecule has 5 heteroatoms. The van der Waals surface area contributed by atoms with Gasteiger partial charge in [0.05, 0.1) is 12.6 Å². The molecular weight excluding hydrogens is 316 g/mol. The van der Waals surface area contributed by atoms with E-state index >= 15 is 0 Å². The van der Waals surface area contributed by atoms with Gasteiger partial charge in [-0.25, -0.2) is 0 Å². The molecule has 25 heavy (non-hydrogen) atoms. The lowest BCUT2D eigenvalue weighted by molar-refractivity contribution is -0.127. The van der Waals surface area contributed by atoms with E-state index in [-0.39, 0.29) is 18.5 Å². The van der Waals surface area contributed by atoms with Crippen molar-refractivity contribution in [3.05, 3.63) is 59.0 Å². The van der Waals surface area contributed by atoms with Crippen LogP contribution < -0.4 is 5.32 Å². The highest BCUT2D eigenvalue weighted by molar-refractivity contribution is 5.81. The first-order valence-corrected chi connectivity index (χ1v) is 8.74. The van der Waals surface area contributed by atoms with E-state index in [9.17, 15) is 9.90 Å². The van der Waals surface area contributed by atoms with Gasteiger partial charge in [-0.2, -0.15) is 0 Å². The van der Waals surface area contributed by atoms with E-state index in [0.717, 1.165) is 25.3 Å². The molecule has 0 radical (unpaired) electrons. The van der Waals surface area contributed by atoms with Crippen molar-refractivity contribution in [3.8, 4) is 0 Å². The number of hydrogen-bond donors (Lipinski definition) is 2. The van der Waals surface area contributed by atoms with Crippen molar-refractivity contribution in [1.29, 1.82) is 0 Å². The van der Waals surface area contributed by atoms with Crippen molar-refractivity contribution in [2.75, 3.05) is 13.1 Å². The molecule has 134 valence electrons. The van der Waals surface area contributed by atoms with Crippen LogP contribution >= 0.6 is 0 Å². The Labute approximate surface area is 148 Å². The first-order chi connectivity index (χ1) is 11.9. The minimum Gasteiger partial charge on any atom is -0.463 e. The predicted molar refractivity (Wildman–Crippen MR) is 96.0 cm³/mol. The summed E-state index contributed by atoms with van der Waals surface area (Å²) in [6.07, 6.45) is 0.956. The van der Waals surface area contributed by atoms with Gasteiger partial charge in [0.1, 0.15) is 17.1 Å². The Kier molecular flexibility index (Phi) is 4.97. The zero-order valence-corrected chi connectivity index (χ0v) is 15.1. The van der Waals surface area contributed by atoms with Crippen molar-refractivity contribution >= 4 is 5.91 Å². The Morgan fingerprint density at radius 2 is 2.04 bits per heavy atom. The SMILES string of the molecule is Cc1ccc(C(C)(O)CNC(=O)C(C)N2CCc3ccccc3C2)o1. The van der Waals surface area contributed by atoms with E-state index in [1.165, 1.54) is 11.1 Å². The minimum atomic E-state index is -1.22. The zero-order chi connectivity index (χ0) is 18.0. The second kappa shape index (κ2) is 7.02. The molecule has 3 rings (SSSR count). The number of amides is 1. The smallest absolute Gasteiger partial charge is 0.237 e. The molecule has 5 nitrogen and oxygen atoms in total. The van der Waals surface area contributed by atoms with Gasteiger partial charge >= 0.3 is 0 Å². The molecule has 1 aromatic carbocycles. The molecular formula is C20H26N2O3. The summed E-state index contributed by atoms with van der Waals surface area (Å²) in [5.41, 5.74) is 1.42. The molecule has 1 aliphatic heterocycles. The van der Waals surface area contributed by atoms with Gasteiger partial charge in [0.25, 0.3) is 0 Å². The van der Waals surface area contributed by atoms with E-state index in [4.69, 9.17) is 4.42 Å². The van der Waals surface area contributed by atoms with Crippen molar-refractivity contribution in [2.45, 2.75) is 45.4 Å². The Morgan fingerprint density at radius 1 is 1.32 bits per heavy atom. The van der Waals surface area contributed by atoms with Crippen LogP contribution in [0.25, 0.3) is 0 Å². The number of hydrogen-bond acceptors (Lipinski definition) is 4. The van der Waals surface area contributed by atoms with Crippen molar-refractivity contribution in [3.63, 3.8) is 0 Å². The largest absolute Gasteiger partial charge is 0.463 e. The number of aliphatic hydroxyl groups is 1. The van der Waals surface area contributed by atoms with Crippen LogP contribution in [0, 0.1) is 6.92 Å². The monoisotopic (exact) mass is 342 g/mol. The summed E-state index contributed by atoms with van der Waals surface area (Å²) in [6, 6.07) is 11.7. The predicted octanol–water partition coefficient (Wildman–Crippen LogP) is 2.36. The van der Waals surface area contributed by atoms with Crippen LogP contribution in [-0.2, 0) is 23.4 Å². The van der Waals surface area contributed by atoms with E-state index < -0.39 is 5.60 Å². The normalized spacial score (nSPS) is 18.2. The van der Waals surface area contributed by atoms with E-state index in [2.05, 4.69) is 28.4 Å². The summed E-state index contributed by atoms with van der Waals surface area (Å²) in [4.78, 5) is 14.7. The van der Waals surface area contributed by atoms with Gasteiger partial charge in [-0.15, -0.1) is 0 Å². The Hall–Kier alpha value is -2.11. The van der Waals surface area contributed by atoms with Gasteiger partial charge in [0, 0.05) is 13.1 Å². The van der Waals surface area contributed by atoms with Crippen LogP contribution in [0.1, 0.15) is 36.5 Å². The van der Waals surface area contributed by atoms with Crippen LogP contribution in [-0.4, -0.2) is 35.0 Å². The van der Waals surface area contributed by atoms with Crippen LogP contribution in [0.3, 0.4) is 0 Å². The summed E-state index contributed by atoms with van der Waals surface area (Å²) >= 11 is 0. The average molecular weight is 342 g/mol. The summed E-state index contributed by atoms with van der Waals surface area (Å²) in [6.45, 7) is 7.14. The number of nitrogens with zero attached hydrogens (tertiary/aromatic N) is 1. The quantitative estimate of drug-likeness (QED) is 0.875. The topological polar surface area (TPSA) is 65.7 Å². The molecule has 0 aliphatic carbocycles. The number of furan rings is 1. The number of nitrogens with one attached hydrogen (secondary N) is 1. The molecule has 2 N–H and O–H groups in total. The molecule has 0 spiro atoms. The third-order valence-electron chi connectivity index (χ3n) is 4.97. The van der Waals surface area contributed by atoms with Crippen molar-refractivity contribution in [1.82, 2.24) is 10.2 Å². The maximum Gasteiger partial charge on any atom is 0.237 e. The molecule has 2 heterocycles. The van der Waals surface area contributed by atoms with Gasteiger partial charge in [0.2, 0.25) is 5.91 Å². The van der Waals surface area contributed by atoms with E-state index in [1.54, 1.807) is 19.1 Å². The van der Waals surface area contributed by atoms with Crippen LogP contribution in [0.5, 0.6) is 0 Å². The first kappa shape index (κ1) is 17.7. The van der Waals surface area contributed by atoms with Gasteiger partial charge in [-0.1, -0.05) is 24.3 Å². The molecule has 1 aromatic heterocycles. The third kappa shape index (κ3) is 3.94. The number of fused-ring (bicyclic) bond motifs is 1. The highest BCUT2D eigenvalue weighted by Crippen LogP contribution is 2.23. The Bertz CT molecular complexity index is 751. The van der Waals surface area contributed by atoms with E-state index in [1.807, 2.05) is 19.9 Å². The highest BCUT2D eigenvalue weighted by atomic mass is 16.4. The van der Waals surface area contributed by atoms with Gasteiger partial charge < -0.3 is 14.8 Å². The molecule has 0 bridgehead atoms. The third-order valence-corrected chi connectivity index (χ3v) is 4.97. The second-order valence-corrected chi connectivity index (χ2v) is 7.07. The van der Waals surface area contributed by atoms with E-state index in [0.29, 0.717) is 5.76 Å². The van der Waals surface area contributed by atoms with Crippen molar-refractivity contribution < 1.29 is 14.3 Å². The molecule has 1 amide bonds.